The van der Waals surface area contributed by atoms with E-state index in [4.69, 9.17) is 14.2 Å². The van der Waals surface area contributed by atoms with E-state index in [0.717, 1.165) is 11.5 Å². The van der Waals surface area contributed by atoms with E-state index >= 15 is 0 Å². The smallest absolute Gasteiger partial charge is 0.224 e. The molecule has 0 bridgehead atoms. The number of methoxy groups -OCH3 is 1. The molecular weight excluding hydrogens is 294 g/mol. The van der Waals surface area contributed by atoms with Crippen LogP contribution in [0.2, 0.25) is 0 Å². The van der Waals surface area contributed by atoms with Crippen molar-refractivity contribution < 1.29 is 19.0 Å². The summed E-state index contributed by atoms with van der Waals surface area (Å²) in [6, 6.07) is 14.9. The molecule has 0 aliphatic carbocycles. The quantitative estimate of drug-likeness (QED) is 0.920. The van der Waals surface area contributed by atoms with Gasteiger partial charge in [0.1, 0.15) is 18.5 Å². The highest BCUT2D eigenvalue weighted by atomic mass is 16.6. The number of nitrogens with one attached hydrogen (secondary N) is 1. The standard InChI is InChI=1S/C18H19NO4/c1-21-15-7-3-2-6-14(15)19-18(20)11-10-13-12-22-16-8-4-5-9-17(16)23-13/h2-9,13H,10-12H2,1H3,(H,19,20)/t13-/m0/s1. The molecule has 1 amide bonds. The lowest BCUT2D eigenvalue weighted by Crippen LogP contribution is -2.30. The molecule has 0 radical (unpaired) electrons. The zero-order valence-electron chi connectivity index (χ0n) is 13.0. The number of ether oxygens (including phenoxy) is 3. The average Bonchev–Trinajstić information content (AvgIpc) is 2.60. The summed E-state index contributed by atoms with van der Waals surface area (Å²) in [6.45, 7) is 0.457. The molecule has 1 aliphatic heterocycles. The van der Waals surface area contributed by atoms with E-state index in [-0.39, 0.29) is 12.0 Å². The van der Waals surface area contributed by atoms with Gasteiger partial charge in [-0.15, -0.1) is 0 Å². The number of amides is 1. The third-order valence-electron chi connectivity index (χ3n) is 3.64. The molecule has 3 rings (SSSR count). The van der Waals surface area contributed by atoms with Crippen LogP contribution >= 0.6 is 0 Å². The van der Waals surface area contributed by atoms with Crippen molar-refractivity contribution in [2.24, 2.45) is 0 Å². The minimum atomic E-state index is -0.117. The van der Waals surface area contributed by atoms with E-state index in [1.807, 2.05) is 48.5 Å². The fourth-order valence-corrected chi connectivity index (χ4v) is 2.46. The number of rotatable bonds is 5. The van der Waals surface area contributed by atoms with Crippen LogP contribution in [0, 0.1) is 0 Å². The first-order chi connectivity index (χ1) is 11.3. The number of fused-ring (bicyclic) bond motifs is 1. The van der Waals surface area contributed by atoms with Crippen LogP contribution in [-0.2, 0) is 4.79 Å². The summed E-state index contributed by atoms with van der Waals surface area (Å²) in [6.07, 6.45) is 0.831. The van der Waals surface area contributed by atoms with Crippen molar-refractivity contribution in [1.29, 1.82) is 0 Å². The third kappa shape index (κ3) is 3.74. The first kappa shape index (κ1) is 15.2. The van der Waals surface area contributed by atoms with Crippen LogP contribution in [0.4, 0.5) is 5.69 Å². The van der Waals surface area contributed by atoms with Crippen molar-refractivity contribution >= 4 is 11.6 Å². The second-order valence-electron chi connectivity index (χ2n) is 5.28. The highest BCUT2D eigenvalue weighted by Crippen LogP contribution is 2.32. The highest BCUT2D eigenvalue weighted by Gasteiger charge is 2.21. The Morgan fingerprint density at radius 2 is 1.91 bits per heavy atom. The molecule has 0 saturated carbocycles. The molecule has 2 aromatic rings. The minimum absolute atomic E-state index is 0.0723. The summed E-state index contributed by atoms with van der Waals surface area (Å²) >= 11 is 0. The zero-order chi connectivity index (χ0) is 16.1. The highest BCUT2D eigenvalue weighted by molar-refractivity contribution is 5.92. The number of hydrogen-bond donors (Lipinski definition) is 1. The topological polar surface area (TPSA) is 56.8 Å². The maximum atomic E-state index is 12.1. The average molecular weight is 313 g/mol. The Hall–Kier alpha value is -2.69. The van der Waals surface area contributed by atoms with Crippen molar-refractivity contribution in [3.8, 4) is 17.2 Å². The predicted octanol–water partition coefficient (Wildman–Crippen LogP) is 3.25. The van der Waals surface area contributed by atoms with Gasteiger partial charge in [0.05, 0.1) is 12.8 Å². The Morgan fingerprint density at radius 1 is 1.17 bits per heavy atom. The van der Waals surface area contributed by atoms with Crippen molar-refractivity contribution in [2.45, 2.75) is 18.9 Å². The first-order valence-electron chi connectivity index (χ1n) is 7.57. The van der Waals surface area contributed by atoms with E-state index in [2.05, 4.69) is 5.32 Å². The van der Waals surface area contributed by atoms with E-state index in [9.17, 15) is 4.79 Å². The van der Waals surface area contributed by atoms with Crippen molar-refractivity contribution in [3.05, 3.63) is 48.5 Å². The zero-order valence-corrected chi connectivity index (χ0v) is 13.0. The minimum Gasteiger partial charge on any atom is -0.495 e. The molecule has 23 heavy (non-hydrogen) atoms. The van der Waals surface area contributed by atoms with E-state index in [1.54, 1.807) is 7.11 Å². The van der Waals surface area contributed by atoms with Crippen molar-refractivity contribution in [1.82, 2.24) is 0 Å². The van der Waals surface area contributed by atoms with E-state index in [0.29, 0.717) is 30.9 Å². The number of benzene rings is 2. The van der Waals surface area contributed by atoms with Crippen LogP contribution in [0.25, 0.3) is 0 Å². The summed E-state index contributed by atoms with van der Waals surface area (Å²) in [5, 5.41) is 2.86. The van der Waals surface area contributed by atoms with Gasteiger partial charge in [-0.05, 0) is 30.7 Å². The van der Waals surface area contributed by atoms with Gasteiger partial charge in [0.25, 0.3) is 0 Å². The summed E-state index contributed by atoms with van der Waals surface area (Å²) in [5.41, 5.74) is 0.672. The van der Waals surface area contributed by atoms with Gasteiger partial charge >= 0.3 is 0 Å². The Kier molecular flexibility index (Phi) is 4.66. The molecule has 1 aliphatic rings. The molecular formula is C18H19NO4. The van der Waals surface area contributed by atoms with Crippen LogP contribution in [0.5, 0.6) is 17.2 Å². The largest absolute Gasteiger partial charge is 0.495 e. The van der Waals surface area contributed by atoms with E-state index < -0.39 is 0 Å². The van der Waals surface area contributed by atoms with E-state index in [1.165, 1.54) is 0 Å². The molecule has 0 fully saturated rings. The molecule has 0 spiro atoms. The molecule has 0 unspecified atom stereocenters. The van der Waals surface area contributed by atoms with Gasteiger partial charge < -0.3 is 19.5 Å². The number of carbonyl (C=O) groups is 1. The number of hydrogen-bond acceptors (Lipinski definition) is 4. The SMILES string of the molecule is COc1ccccc1NC(=O)CC[C@H]1COc2ccccc2O1. The fourth-order valence-electron chi connectivity index (χ4n) is 2.46. The Balaban J connectivity index is 1.52. The monoisotopic (exact) mass is 313 g/mol. The van der Waals surface area contributed by atoms with Crippen molar-refractivity contribution in [2.75, 3.05) is 19.0 Å². The van der Waals surface area contributed by atoms with Crippen molar-refractivity contribution in [3.63, 3.8) is 0 Å². The lowest BCUT2D eigenvalue weighted by Gasteiger charge is -2.26. The lowest BCUT2D eigenvalue weighted by atomic mass is 10.1. The van der Waals surface area contributed by atoms with Crippen LogP contribution in [0.1, 0.15) is 12.8 Å². The van der Waals surface area contributed by atoms with Gasteiger partial charge in [-0.25, -0.2) is 0 Å². The van der Waals surface area contributed by atoms with Gasteiger partial charge in [0.2, 0.25) is 5.91 Å². The van der Waals surface area contributed by atoms with Gasteiger partial charge in [-0.3, -0.25) is 4.79 Å². The van der Waals surface area contributed by atoms with Crippen LogP contribution in [0.3, 0.4) is 0 Å². The molecule has 0 aromatic heterocycles. The first-order valence-corrected chi connectivity index (χ1v) is 7.57. The lowest BCUT2D eigenvalue weighted by molar-refractivity contribution is -0.116. The molecule has 5 heteroatoms. The maximum Gasteiger partial charge on any atom is 0.224 e. The molecule has 1 N–H and O–H groups in total. The van der Waals surface area contributed by atoms with Gasteiger partial charge in [-0.2, -0.15) is 0 Å². The molecule has 120 valence electrons. The Bertz CT molecular complexity index is 686. The molecule has 2 aromatic carbocycles. The van der Waals surface area contributed by atoms with Gasteiger partial charge in [0, 0.05) is 6.42 Å². The van der Waals surface area contributed by atoms with Crippen LogP contribution in [0.15, 0.2) is 48.5 Å². The number of carbonyl (C=O) groups excluding carboxylic acids is 1. The predicted molar refractivity (Wildman–Crippen MR) is 87.2 cm³/mol. The number of anilines is 1. The maximum absolute atomic E-state index is 12.1. The summed E-state index contributed by atoms with van der Waals surface area (Å²) in [4.78, 5) is 12.1. The van der Waals surface area contributed by atoms with Gasteiger partial charge in [0.15, 0.2) is 11.5 Å². The number of para-hydroxylation sites is 4. The Morgan fingerprint density at radius 3 is 2.74 bits per heavy atom. The summed E-state index contributed by atoms with van der Waals surface area (Å²) < 4.78 is 16.7. The van der Waals surface area contributed by atoms with Crippen LogP contribution in [-0.4, -0.2) is 25.7 Å². The molecule has 1 atom stereocenters. The summed E-state index contributed by atoms with van der Waals surface area (Å²) in [5.74, 6) is 2.06. The molecule has 5 nitrogen and oxygen atoms in total. The van der Waals surface area contributed by atoms with Crippen LogP contribution < -0.4 is 19.5 Å². The van der Waals surface area contributed by atoms with Gasteiger partial charge in [-0.1, -0.05) is 24.3 Å². The Labute approximate surface area is 135 Å². The molecule has 1 heterocycles. The second kappa shape index (κ2) is 7.05. The second-order valence-corrected chi connectivity index (χ2v) is 5.28. The molecule has 0 saturated heterocycles. The third-order valence-corrected chi connectivity index (χ3v) is 3.64. The normalized spacial score (nSPS) is 15.8. The fraction of sp³-hybridized carbons (Fsp3) is 0.278. The summed E-state index contributed by atoms with van der Waals surface area (Å²) in [7, 11) is 1.58.